The first-order chi connectivity index (χ1) is 13.0. The molecule has 2 fully saturated rings. The highest BCUT2D eigenvalue weighted by Crippen LogP contribution is 2.35. The summed E-state index contributed by atoms with van der Waals surface area (Å²) in [6, 6.07) is 9.93. The molecule has 1 aromatic heterocycles. The van der Waals surface area contributed by atoms with Crippen LogP contribution in [0.3, 0.4) is 0 Å². The number of halogens is 1. The second kappa shape index (κ2) is 7.43. The molecule has 2 aliphatic rings. The number of hydrogen-bond donors (Lipinski definition) is 0. The standard InChI is InChI=1S/C21H22BrN3O2/c1-14-11-17(4-5-18(14)22)25-13-16(12-20(25)26)21(27)24-10-2-3-19(24)15-6-8-23-9-7-15/h4-9,11,16,19H,2-3,10,12-13H2,1H3/t16-,19-/m0/s1. The van der Waals surface area contributed by atoms with Gasteiger partial charge in [-0.1, -0.05) is 15.9 Å². The van der Waals surface area contributed by atoms with Crippen molar-refractivity contribution in [1.82, 2.24) is 9.88 Å². The number of pyridine rings is 1. The topological polar surface area (TPSA) is 53.5 Å². The first-order valence-corrected chi connectivity index (χ1v) is 10.1. The van der Waals surface area contributed by atoms with Crippen LogP contribution >= 0.6 is 15.9 Å². The summed E-state index contributed by atoms with van der Waals surface area (Å²) in [5, 5.41) is 0. The number of anilines is 1. The molecule has 6 heteroatoms. The molecule has 0 bridgehead atoms. The minimum atomic E-state index is -0.274. The summed E-state index contributed by atoms with van der Waals surface area (Å²) < 4.78 is 1.02. The van der Waals surface area contributed by atoms with Crippen molar-refractivity contribution in [2.75, 3.05) is 18.0 Å². The molecule has 2 aromatic rings. The quantitative estimate of drug-likeness (QED) is 0.746. The van der Waals surface area contributed by atoms with Crippen LogP contribution in [0.2, 0.25) is 0 Å². The molecule has 1 aromatic carbocycles. The Balaban J connectivity index is 1.51. The molecule has 27 heavy (non-hydrogen) atoms. The van der Waals surface area contributed by atoms with Crippen molar-refractivity contribution in [3.8, 4) is 0 Å². The van der Waals surface area contributed by atoms with E-state index >= 15 is 0 Å². The van der Waals surface area contributed by atoms with Crippen LogP contribution in [0.4, 0.5) is 5.69 Å². The zero-order valence-corrected chi connectivity index (χ0v) is 16.9. The number of aryl methyl sites for hydroxylation is 1. The molecule has 0 aliphatic carbocycles. The molecule has 2 amide bonds. The number of benzene rings is 1. The number of aromatic nitrogens is 1. The lowest BCUT2D eigenvalue weighted by Gasteiger charge is -2.27. The van der Waals surface area contributed by atoms with Crippen LogP contribution in [0.1, 0.15) is 36.4 Å². The number of rotatable bonds is 3. The predicted molar refractivity (Wildman–Crippen MR) is 107 cm³/mol. The summed E-state index contributed by atoms with van der Waals surface area (Å²) >= 11 is 3.49. The van der Waals surface area contributed by atoms with Gasteiger partial charge in [-0.25, -0.2) is 0 Å². The Bertz CT molecular complexity index is 871. The molecule has 0 N–H and O–H groups in total. The van der Waals surface area contributed by atoms with Gasteiger partial charge in [0.2, 0.25) is 11.8 Å². The van der Waals surface area contributed by atoms with Crippen LogP contribution in [-0.4, -0.2) is 34.8 Å². The number of hydrogen-bond acceptors (Lipinski definition) is 3. The number of carbonyl (C=O) groups excluding carboxylic acids is 2. The second-order valence-electron chi connectivity index (χ2n) is 7.31. The van der Waals surface area contributed by atoms with Gasteiger partial charge in [-0.2, -0.15) is 0 Å². The highest BCUT2D eigenvalue weighted by atomic mass is 79.9. The van der Waals surface area contributed by atoms with Crippen molar-refractivity contribution >= 4 is 33.4 Å². The fourth-order valence-electron chi connectivity index (χ4n) is 4.12. The molecule has 4 rings (SSSR count). The van der Waals surface area contributed by atoms with Gasteiger partial charge in [0.05, 0.1) is 12.0 Å². The van der Waals surface area contributed by atoms with E-state index in [2.05, 4.69) is 20.9 Å². The fraction of sp³-hybridized carbons (Fsp3) is 0.381. The van der Waals surface area contributed by atoms with Crippen LogP contribution in [0.5, 0.6) is 0 Å². The van der Waals surface area contributed by atoms with Crippen molar-refractivity contribution in [3.63, 3.8) is 0 Å². The highest BCUT2D eigenvalue weighted by Gasteiger charge is 2.40. The van der Waals surface area contributed by atoms with E-state index in [1.54, 1.807) is 17.3 Å². The lowest BCUT2D eigenvalue weighted by atomic mass is 10.0. The van der Waals surface area contributed by atoms with E-state index in [9.17, 15) is 9.59 Å². The number of nitrogens with zero attached hydrogens (tertiary/aromatic N) is 3. The van der Waals surface area contributed by atoms with Crippen LogP contribution in [-0.2, 0) is 9.59 Å². The maximum atomic E-state index is 13.2. The van der Waals surface area contributed by atoms with E-state index in [4.69, 9.17) is 0 Å². The smallest absolute Gasteiger partial charge is 0.228 e. The Morgan fingerprint density at radius 3 is 2.74 bits per heavy atom. The Morgan fingerprint density at radius 2 is 2.00 bits per heavy atom. The molecular formula is C21H22BrN3O2. The Labute approximate surface area is 167 Å². The highest BCUT2D eigenvalue weighted by molar-refractivity contribution is 9.10. The van der Waals surface area contributed by atoms with Crippen LogP contribution in [0, 0.1) is 12.8 Å². The molecule has 140 valence electrons. The molecule has 2 saturated heterocycles. The SMILES string of the molecule is Cc1cc(N2C[C@@H](C(=O)N3CCC[C@H]3c3ccncc3)CC2=O)ccc1Br. The third-order valence-electron chi connectivity index (χ3n) is 5.55. The van der Waals surface area contributed by atoms with E-state index in [1.807, 2.05) is 42.2 Å². The van der Waals surface area contributed by atoms with Crippen molar-refractivity contribution in [2.45, 2.75) is 32.2 Å². The largest absolute Gasteiger partial charge is 0.335 e. The van der Waals surface area contributed by atoms with Gasteiger partial charge in [0.15, 0.2) is 0 Å². The molecule has 2 atom stereocenters. The first-order valence-electron chi connectivity index (χ1n) is 9.31. The van der Waals surface area contributed by atoms with Gasteiger partial charge in [-0.05, 0) is 61.2 Å². The van der Waals surface area contributed by atoms with Gasteiger partial charge in [0.25, 0.3) is 0 Å². The van der Waals surface area contributed by atoms with Gasteiger partial charge >= 0.3 is 0 Å². The van der Waals surface area contributed by atoms with Crippen LogP contribution in [0.15, 0.2) is 47.2 Å². The van der Waals surface area contributed by atoms with Crippen molar-refractivity contribution < 1.29 is 9.59 Å². The molecule has 0 spiro atoms. The zero-order chi connectivity index (χ0) is 19.0. The van der Waals surface area contributed by atoms with E-state index < -0.39 is 0 Å². The van der Waals surface area contributed by atoms with Crippen LogP contribution < -0.4 is 4.90 Å². The monoisotopic (exact) mass is 427 g/mol. The number of carbonyl (C=O) groups is 2. The molecule has 2 aliphatic heterocycles. The molecule has 3 heterocycles. The molecule has 0 radical (unpaired) electrons. The normalized spacial score (nSPS) is 22.5. The van der Waals surface area contributed by atoms with E-state index in [-0.39, 0.29) is 30.2 Å². The van der Waals surface area contributed by atoms with Crippen molar-refractivity contribution in [2.24, 2.45) is 5.92 Å². The molecular weight excluding hydrogens is 406 g/mol. The summed E-state index contributed by atoms with van der Waals surface area (Å²) in [5.74, 6) is -0.155. The lowest BCUT2D eigenvalue weighted by molar-refractivity contribution is -0.136. The van der Waals surface area contributed by atoms with E-state index in [0.29, 0.717) is 6.54 Å². The minimum Gasteiger partial charge on any atom is -0.335 e. The maximum Gasteiger partial charge on any atom is 0.228 e. The third kappa shape index (κ3) is 3.50. The van der Waals surface area contributed by atoms with Gasteiger partial charge in [0.1, 0.15) is 0 Å². The Hall–Kier alpha value is -2.21. The summed E-state index contributed by atoms with van der Waals surface area (Å²) in [6.07, 6.45) is 5.79. The summed E-state index contributed by atoms with van der Waals surface area (Å²) in [6.45, 7) is 3.21. The van der Waals surface area contributed by atoms with Crippen LogP contribution in [0.25, 0.3) is 0 Å². The summed E-state index contributed by atoms with van der Waals surface area (Å²) in [4.78, 5) is 33.6. The molecule has 0 unspecified atom stereocenters. The number of likely N-dealkylation sites (tertiary alicyclic amines) is 1. The van der Waals surface area contributed by atoms with E-state index in [1.165, 1.54) is 0 Å². The van der Waals surface area contributed by atoms with E-state index in [0.717, 1.165) is 40.7 Å². The maximum absolute atomic E-state index is 13.2. The first kappa shape index (κ1) is 18.2. The molecule has 5 nitrogen and oxygen atoms in total. The summed E-state index contributed by atoms with van der Waals surface area (Å²) in [7, 11) is 0. The third-order valence-corrected chi connectivity index (χ3v) is 6.44. The van der Waals surface area contributed by atoms with Gasteiger partial charge in [0, 0.05) is 42.1 Å². The van der Waals surface area contributed by atoms with Crippen molar-refractivity contribution in [1.29, 1.82) is 0 Å². The fourth-order valence-corrected chi connectivity index (χ4v) is 4.36. The second-order valence-corrected chi connectivity index (χ2v) is 8.16. The van der Waals surface area contributed by atoms with Gasteiger partial charge in [-0.15, -0.1) is 0 Å². The average molecular weight is 428 g/mol. The minimum absolute atomic E-state index is 0.0229. The van der Waals surface area contributed by atoms with Gasteiger partial charge in [-0.3, -0.25) is 14.6 Å². The Kier molecular flexibility index (Phi) is 5.00. The zero-order valence-electron chi connectivity index (χ0n) is 15.3. The van der Waals surface area contributed by atoms with Crippen molar-refractivity contribution in [3.05, 3.63) is 58.3 Å². The number of amides is 2. The summed E-state index contributed by atoms with van der Waals surface area (Å²) in [5.41, 5.74) is 3.07. The van der Waals surface area contributed by atoms with Gasteiger partial charge < -0.3 is 9.80 Å². The molecule has 0 saturated carbocycles. The lowest BCUT2D eigenvalue weighted by Crippen LogP contribution is -2.37. The average Bonchev–Trinajstić information content (AvgIpc) is 3.31. The Morgan fingerprint density at radius 1 is 1.22 bits per heavy atom. The predicted octanol–water partition coefficient (Wildman–Crippen LogP) is 3.87.